The largest absolute Gasteiger partial charge is 0.493 e. The Labute approximate surface area is 281 Å². The second-order valence-corrected chi connectivity index (χ2v) is 13.5. The summed E-state index contributed by atoms with van der Waals surface area (Å²) in [5.74, 6) is 3.03. The van der Waals surface area contributed by atoms with E-state index >= 15 is 0 Å². The molecule has 3 aromatic carbocycles. The van der Waals surface area contributed by atoms with Crippen molar-refractivity contribution in [3.05, 3.63) is 76.9 Å². The molecule has 0 spiro atoms. The van der Waals surface area contributed by atoms with Crippen LogP contribution in [0.15, 0.2) is 59.5 Å². The van der Waals surface area contributed by atoms with E-state index in [-0.39, 0.29) is 11.3 Å². The maximum Gasteiger partial charge on any atom is 0.161 e. The SMILES string of the molecule is COc1ccc(C2c3cc(OC)c(OC)cc3CCN2CCCCCCCCCCCC(C#N)Sc2ccc(C)cc2)cc1OC. The molecule has 0 fully saturated rings. The second kappa shape index (κ2) is 18.7. The summed E-state index contributed by atoms with van der Waals surface area (Å²) in [6.45, 7) is 4.14. The highest BCUT2D eigenvalue weighted by molar-refractivity contribution is 8.00. The summed E-state index contributed by atoms with van der Waals surface area (Å²) in [7, 11) is 6.77. The van der Waals surface area contributed by atoms with E-state index < -0.39 is 0 Å². The van der Waals surface area contributed by atoms with Gasteiger partial charge in [0, 0.05) is 11.4 Å². The summed E-state index contributed by atoms with van der Waals surface area (Å²) in [5, 5.41) is 9.62. The molecule has 0 saturated heterocycles. The van der Waals surface area contributed by atoms with Crippen LogP contribution in [0.4, 0.5) is 0 Å². The smallest absolute Gasteiger partial charge is 0.161 e. The van der Waals surface area contributed by atoms with E-state index in [0.29, 0.717) is 0 Å². The van der Waals surface area contributed by atoms with Gasteiger partial charge in [0.15, 0.2) is 23.0 Å². The third-order valence-electron chi connectivity index (χ3n) is 9.05. The predicted molar refractivity (Wildman–Crippen MR) is 189 cm³/mol. The second-order valence-electron chi connectivity index (χ2n) is 12.2. The standard InChI is InChI=1S/C39H52N2O4S/c1-29-16-19-32(20-17-29)46-33(28-40)15-13-11-9-7-6-8-10-12-14-23-41-24-22-30-25-37(44-4)38(45-5)27-34(30)39(41)31-18-21-35(42-2)36(26-31)43-3/h16-21,25-27,33,39H,6-15,22-24H2,1-5H3. The zero-order chi connectivity index (χ0) is 32.7. The number of aryl methyl sites for hydroxylation is 1. The molecule has 0 bridgehead atoms. The van der Waals surface area contributed by atoms with Crippen molar-refractivity contribution in [3.8, 4) is 29.1 Å². The van der Waals surface area contributed by atoms with E-state index in [1.165, 1.54) is 78.5 Å². The predicted octanol–water partition coefficient (Wildman–Crippen LogP) is 9.56. The van der Waals surface area contributed by atoms with Crippen LogP contribution in [0.2, 0.25) is 0 Å². The molecule has 1 aliphatic heterocycles. The zero-order valence-electron chi connectivity index (χ0n) is 28.5. The third kappa shape index (κ3) is 9.83. The first-order valence-electron chi connectivity index (χ1n) is 16.8. The minimum atomic E-state index is 0.0484. The number of unbranched alkanes of at least 4 members (excludes halogenated alkanes) is 8. The fourth-order valence-electron chi connectivity index (χ4n) is 6.46. The molecule has 0 aliphatic carbocycles. The Morgan fingerprint density at radius 1 is 0.739 bits per heavy atom. The van der Waals surface area contributed by atoms with Crippen LogP contribution in [-0.2, 0) is 6.42 Å². The fourth-order valence-corrected chi connectivity index (χ4v) is 7.42. The quantitative estimate of drug-likeness (QED) is 0.0951. The van der Waals surface area contributed by atoms with Crippen molar-refractivity contribution in [2.75, 3.05) is 41.5 Å². The molecular weight excluding hydrogens is 593 g/mol. The molecule has 248 valence electrons. The van der Waals surface area contributed by atoms with Gasteiger partial charge >= 0.3 is 0 Å². The van der Waals surface area contributed by atoms with Gasteiger partial charge in [-0.2, -0.15) is 5.26 Å². The van der Waals surface area contributed by atoms with Crippen molar-refractivity contribution in [2.24, 2.45) is 0 Å². The molecule has 6 nitrogen and oxygen atoms in total. The molecule has 0 radical (unpaired) electrons. The number of hydrogen-bond donors (Lipinski definition) is 0. The van der Waals surface area contributed by atoms with Gasteiger partial charge in [0.25, 0.3) is 0 Å². The van der Waals surface area contributed by atoms with Crippen LogP contribution < -0.4 is 18.9 Å². The van der Waals surface area contributed by atoms with Crippen molar-refractivity contribution in [1.29, 1.82) is 5.26 Å². The average molecular weight is 645 g/mol. The Balaban J connectivity index is 1.22. The number of nitrogens with zero attached hydrogens (tertiary/aromatic N) is 2. The number of methoxy groups -OCH3 is 4. The monoisotopic (exact) mass is 644 g/mol. The Hall–Kier alpha value is -3.34. The first-order valence-corrected chi connectivity index (χ1v) is 17.7. The minimum absolute atomic E-state index is 0.0484. The van der Waals surface area contributed by atoms with Gasteiger partial charge in [-0.15, -0.1) is 11.8 Å². The van der Waals surface area contributed by atoms with Crippen molar-refractivity contribution >= 4 is 11.8 Å². The van der Waals surface area contributed by atoms with E-state index in [0.717, 1.165) is 55.4 Å². The number of benzene rings is 3. The molecule has 4 rings (SSSR count). The molecule has 0 N–H and O–H groups in total. The van der Waals surface area contributed by atoms with Crippen molar-refractivity contribution in [1.82, 2.24) is 4.90 Å². The number of ether oxygens (including phenoxy) is 4. The first kappa shape index (κ1) is 35.5. The number of fused-ring (bicyclic) bond motifs is 1. The minimum Gasteiger partial charge on any atom is -0.493 e. The molecule has 0 saturated carbocycles. The normalized spacial score (nSPS) is 15.1. The fraction of sp³-hybridized carbons (Fsp3) is 0.513. The van der Waals surface area contributed by atoms with Gasteiger partial charge in [-0.1, -0.05) is 75.1 Å². The molecule has 1 aliphatic rings. The van der Waals surface area contributed by atoms with Crippen molar-refractivity contribution in [3.63, 3.8) is 0 Å². The molecule has 1 heterocycles. The summed E-state index contributed by atoms with van der Waals surface area (Å²) in [5.41, 5.74) is 5.03. The highest BCUT2D eigenvalue weighted by atomic mass is 32.2. The molecule has 3 aromatic rings. The molecule has 0 amide bonds. The Kier molecular flexibility index (Phi) is 14.5. The summed E-state index contributed by atoms with van der Waals surface area (Å²) in [6, 6.07) is 21.7. The number of thioether (sulfide) groups is 1. The highest BCUT2D eigenvalue weighted by Crippen LogP contribution is 2.43. The van der Waals surface area contributed by atoms with Gasteiger partial charge < -0.3 is 18.9 Å². The van der Waals surface area contributed by atoms with Gasteiger partial charge in [-0.05, 0) is 85.8 Å². The topological polar surface area (TPSA) is 64.0 Å². The van der Waals surface area contributed by atoms with E-state index in [1.807, 2.05) is 6.07 Å². The average Bonchev–Trinajstić information content (AvgIpc) is 3.09. The number of hydrogen-bond acceptors (Lipinski definition) is 7. The first-order chi connectivity index (χ1) is 22.5. The lowest BCUT2D eigenvalue weighted by Crippen LogP contribution is -2.37. The Morgan fingerprint density at radius 3 is 1.96 bits per heavy atom. The van der Waals surface area contributed by atoms with Crippen LogP contribution in [-0.4, -0.2) is 51.7 Å². The lowest BCUT2D eigenvalue weighted by molar-refractivity contribution is 0.207. The maximum atomic E-state index is 9.57. The van der Waals surface area contributed by atoms with E-state index in [4.69, 9.17) is 18.9 Å². The van der Waals surface area contributed by atoms with Gasteiger partial charge in [0.2, 0.25) is 0 Å². The van der Waals surface area contributed by atoms with Gasteiger partial charge in [0.05, 0.1) is 45.8 Å². The molecule has 2 unspecified atom stereocenters. The summed E-state index contributed by atoms with van der Waals surface area (Å²) in [4.78, 5) is 3.81. The molecule has 0 aromatic heterocycles. The lowest BCUT2D eigenvalue weighted by atomic mass is 9.87. The molecule has 46 heavy (non-hydrogen) atoms. The van der Waals surface area contributed by atoms with Gasteiger partial charge in [-0.25, -0.2) is 0 Å². The van der Waals surface area contributed by atoms with Crippen molar-refractivity contribution in [2.45, 2.75) is 93.7 Å². The van der Waals surface area contributed by atoms with Gasteiger partial charge in [0.1, 0.15) is 0 Å². The van der Waals surface area contributed by atoms with E-state index in [9.17, 15) is 5.26 Å². The summed E-state index contributed by atoms with van der Waals surface area (Å²) in [6.07, 6.45) is 13.2. The van der Waals surface area contributed by atoms with Crippen LogP contribution in [0.1, 0.15) is 92.5 Å². The van der Waals surface area contributed by atoms with Crippen LogP contribution in [0.3, 0.4) is 0 Å². The zero-order valence-corrected chi connectivity index (χ0v) is 29.3. The number of nitriles is 1. The Morgan fingerprint density at radius 2 is 1.33 bits per heavy atom. The third-order valence-corrected chi connectivity index (χ3v) is 10.2. The van der Waals surface area contributed by atoms with Crippen LogP contribution in [0.5, 0.6) is 23.0 Å². The highest BCUT2D eigenvalue weighted by Gasteiger charge is 2.31. The van der Waals surface area contributed by atoms with Crippen LogP contribution in [0, 0.1) is 18.3 Å². The molecule has 2 atom stereocenters. The van der Waals surface area contributed by atoms with Gasteiger partial charge in [-0.3, -0.25) is 4.90 Å². The molecule has 7 heteroatoms. The van der Waals surface area contributed by atoms with E-state index in [2.05, 4.69) is 66.4 Å². The maximum absolute atomic E-state index is 9.57. The Bertz CT molecular complexity index is 1400. The summed E-state index contributed by atoms with van der Waals surface area (Å²) >= 11 is 1.70. The summed E-state index contributed by atoms with van der Waals surface area (Å²) < 4.78 is 22.5. The number of rotatable bonds is 19. The molecular formula is C39H52N2O4S. The van der Waals surface area contributed by atoms with E-state index in [1.54, 1.807) is 40.2 Å². The van der Waals surface area contributed by atoms with Crippen LogP contribution in [0.25, 0.3) is 0 Å². The van der Waals surface area contributed by atoms with Crippen molar-refractivity contribution < 1.29 is 18.9 Å². The lowest BCUT2D eigenvalue weighted by Gasteiger charge is -2.38. The van der Waals surface area contributed by atoms with Crippen LogP contribution >= 0.6 is 11.8 Å².